The van der Waals surface area contributed by atoms with E-state index in [-0.39, 0.29) is 182 Å². The van der Waals surface area contributed by atoms with Crippen molar-refractivity contribution in [2.24, 2.45) is 10.9 Å². The first-order valence-corrected chi connectivity index (χ1v) is 59.5. The highest BCUT2D eigenvalue weighted by Crippen LogP contribution is 2.40. The van der Waals surface area contributed by atoms with Crippen LogP contribution in [-0.2, 0) is 100 Å². The summed E-state index contributed by atoms with van der Waals surface area (Å²) in [5.41, 5.74) is 4.65. The molecule has 11 N–H and O–H groups in total. The molecular formula is C94H121N14O31S8+. The van der Waals surface area contributed by atoms with Crippen LogP contribution in [0.15, 0.2) is 163 Å². The lowest BCUT2D eigenvalue weighted by molar-refractivity contribution is -0.441. The Morgan fingerprint density at radius 1 is 0.469 bits per heavy atom. The molecule has 1 aromatic heterocycles. The third-order valence-electron chi connectivity index (χ3n) is 25.5. The number of unbranched alkanes of at least 4 members (excludes halogenated alkanes) is 4. The number of benzene rings is 6. The van der Waals surface area contributed by atoms with Gasteiger partial charge in [-0.15, -0.1) is 0 Å². The number of fused-ring (bicyclic) bond motifs is 3. The highest BCUT2D eigenvalue weighted by Gasteiger charge is 2.42. The summed E-state index contributed by atoms with van der Waals surface area (Å²) in [5, 5.41) is 9.25. The number of imide groups is 1. The van der Waals surface area contributed by atoms with Crippen LogP contribution in [0, 0.1) is 26.7 Å². The first-order chi connectivity index (χ1) is 68.9. The Bertz CT molecular complexity index is 7330. The third-order valence-corrected chi connectivity index (χ3v) is 32.2. The van der Waals surface area contributed by atoms with Crippen LogP contribution in [0.2, 0.25) is 0 Å². The average molecular weight is 2200 g/mol. The van der Waals surface area contributed by atoms with Crippen molar-refractivity contribution in [2.75, 3.05) is 120 Å². The Kier molecular flexibility index (Phi) is 39.1. The third kappa shape index (κ3) is 33.2. The van der Waals surface area contributed by atoms with Crippen molar-refractivity contribution < 1.29 is 142 Å². The molecule has 5 heterocycles. The minimum atomic E-state index is -5.19. The summed E-state index contributed by atoms with van der Waals surface area (Å²) in [4.78, 5) is 112. The van der Waals surface area contributed by atoms with Crippen LogP contribution in [0.4, 0.5) is 34.9 Å². The molecule has 6 aromatic carbocycles. The molecule has 4 aliphatic rings. The van der Waals surface area contributed by atoms with Gasteiger partial charge in [-0.2, -0.15) is 86.9 Å². The van der Waals surface area contributed by atoms with Crippen molar-refractivity contribution in [3.05, 3.63) is 172 Å². The Balaban J connectivity index is 0.739. The van der Waals surface area contributed by atoms with Gasteiger partial charge in [-0.25, -0.2) is 4.79 Å². The highest BCUT2D eigenvalue weighted by molar-refractivity contribution is 7.88. The molecule has 53 heteroatoms. The van der Waals surface area contributed by atoms with Crippen LogP contribution in [-0.4, -0.2) is 282 Å². The molecule has 3 fully saturated rings. The van der Waals surface area contributed by atoms with Gasteiger partial charge in [0.15, 0.2) is 5.71 Å². The molecule has 0 atom stereocenters. The average Bonchev–Trinajstić information content (AvgIpc) is 1.57. The number of aliphatic imine (C=N–C) groups is 1. The lowest BCUT2D eigenvalue weighted by Gasteiger charge is -2.36. The number of allylic oxidation sites excluding steroid dienone is 8. The standard InChI is InChI=1S/C94H120N14O31S8/c1-62-57-69(30-33-81(62)105(45-19-55-142(121,122)123)64(3)22-15-21-63(2)95-43-18-54-141(118,119)120)88(111)96-42-13-7-9-28-86(109)97-70-38-49-103(50-39-70)93-99-92(102-47-36-68(37-48-102)91(114)139-108-89(112)77-26-11-12-27-78(77)90(108)113)100-94(101-93)104-51-40-71(41-52-104)98-87(110)29-10-8-14-44-106(82-34-31-75-79(66(82)5)58-73(144(127,128)129)60-84(75)146(133,134)135)65(4)23-16-24-72(25-17-53-140(115,116)117)107(46-20-56-143(124,125)126)83-35-32-76-80(67(83)6)59-74(145(130,131)132)61-85(76)147(136,137)138/h11-12,15-16,21-24,26-27,30-35,57-61,68,70-71H,7-10,13-14,17-20,25,28-29,36-56H2,1-6H3,(H10-,96,97,98,109,110,111,115,116,117,118,119,120,121,122,123,124,125,126,127,128,129,130,131,132,133,134,135,136,137,138)/p+1/b21-15+,64-22+,95-63?. The van der Waals surface area contributed by atoms with Gasteiger partial charge in [0.2, 0.25) is 35.3 Å². The number of aryl methyl sites for hydroxylation is 3. The van der Waals surface area contributed by atoms with Gasteiger partial charge in [0.05, 0.1) is 49.8 Å². The predicted molar refractivity (Wildman–Crippen MR) is 549 cm³/mol. The van der Waals surface area contributed by atoms with E-state index >= 15 is 0 Å². The van der Waals surface area contributed by atoms with Crippen molar-refractivity contribution >= 4 is 184 Å². The zero-order valence-electron chi connectivity index (χ0n) is 81.6. The highest BCUT2D eigenvalue weighted by atomic mass is 32.2. The van der Waals surface area contributed by atoms with Crippen LogP contribution in [0.25, 0.3) is 21.5 Å². The van der Waals surface area contributed by atoms with Crippen LogP contribution in [0.5, 0.6) is 0 Å². The Hall–Kier alpha value is -11.6. The maximum atomic E-state index is 14.0. The van der Waals surface area contributed by atoms with E-state index in [0.29, 0.717) is 172 Å². The summed E-state index contributed by atoms with van der Waals surface area (Å²) < 4.78 is 277. The molecule has 3 saturated heterocycles. The van der Waals surface area contributed by atoms with Crippen LogP contribution >= 0.6 is 0 Å². The number of hydroxylamine groups is 2. The SMILES string of the molecule is CC(/C=C/C=C(\C)N(CCCS(=O)(=O)O)c1ccc(C(=O)NCCCCCC(=O)NC2CCN(c3nc(N4CCC(NC(=O)CCCCCN(/C(C)=C/C=C/C(CCCS(=O)(=O)O)=[N+](CCCS(=O)(=O)O)c5ccc6c(S(=O)(=O)O)cc(S(=O)(=O)O)cc6c5C)c5ccc6c(S(=O)(=O)O)cc(S(=O)(=O)O)cc6c5C)CC4)nc(N4CCC(C(=O)ON5C(=O)c6ccccc6C5=O)CC4)n3)CC2)cc1C)=NCCCS(=O)(=O)O. The van der Waals surface area contributed by atoms with Gasteiger partial charge >= 0.3 is 5.97 Å². The van der Waals surface area contributed by atoms with Gasteiger partial charge in [0.1, 0.15) is 16.3 Å². The molecule has 0 saturated carbocycles. The maximum absolute atomic E-state index is 14.0. The molecule has 4 aliphatic heterocycles. The Labute approximate surface area is 854 Å². The van der Waals surface area contributed by atoms with Gasteiger partial charge < -0.3 is 45.3 Å². The fourth-order valence-corrected chi connectivity index (χ4v) is 22.6. The molecule has 147 heavy (non-hydrogen) atoms. The van der Waals surface area contributed by atoms with E-state index < -0.39 is 147 Å². The topological polar surface area (TPSA) is 656 Å². The first kappa shape index (κ1) is 116. The number of hydrogen-bond acceptors (Lipinski definition) is 32. The smallest absolute Gasteiger partial charge is 0.336 e. The largest absolute Gasteiger partial charge is 0.353 e. The van der Waals surface area contributed by atoms with Gasteiger partial charge in [-0.05, 0) is 232 Å². The van der Waals surface area contributed by atoms with Crippen molar-refractivity contribution in [3.8, 4) is 0 Å². The lowest BCUT2D eigenvalue weighted by atomic mass is 9.97. The fraction of sp³-hybridized carbons (Fsp3) is 0.457. The first-order valence-electron chi connectivity index (χ1n) is 47.3. The molecule has 0 radical (unpaired) electrons. The second kappa shape index (κ2) is 49.7. The van der Waals surface area contributed by atoms with Gasteiger partial charge in [0, 0.05) is 166 Å². The minimum absolute atomic E-state index is 0.0270. The van der Waals surface area contributed by atoms with E-state index in [2.05, 4.69) is 20.9 Å². The quantitative estimate of drug-likeness (QED) is 0.00422. The number of hydrogen-bond donors (Lipinski definition) is 11. The van der Waals surface area contributed by atoms with Crippen molar-refractivity contribution in [1.82, 2.24) is 36.0 Å². The number of carbonyl (C=O) groups excluding carboxylic acids is 6. The fourth-order valence-electron chi connectivity index (χ4n) is 17.9. The number of aromatic nitrogens is 3. The van der Waals surface area contributed by atoms with Crippen molar-refractivity contribution in [2.45, 2.75) is 195 Å². The van der Waals surface area contributed by atoms with Gasteiger partial charge in [0.25, 0.3) is 98.7 Å². The molecule has 45 nitrogen and oxygen atoms in total. The summed E-state index contributed by atoms with van der Waals surface area (Å²) in [6.07, 6.45) is 14.7. The lowest BCUT2D eigenvalue weighted by Crippen LogP contribution is -2.46. The van der Waals surface area contributed by atoms with E-state index in [4.69, 9.17) is 24.3 Å². The molecule has 0 bridgehead atoms. The molecule has 7 aromatic rings. The van der Waals surface area contributed by atoms with Gasteiger partial charge in [-0.3, -0.25) is 65.4 Å². The Morgan fingerprint density at radius 3 is 1.40 bits per heavy atom. The van der Waals surface area contributed by atoms with Crippen molar-refractivity contribution in [1.29, 1.82) is 0 Å². The summed E-state index contributed by atoms with van der Waals surface area (Å²) in [7, 11) is -38.2. The van der Waals surface area contributed by atoms with E-state index in [9.17, 15) is 128 Å². The molecule has 0 aliphatic carbocycles. The number of rotatable bonds is 49. The summed E-state index contributed by atoms with van der Waals surface area (Å²) in [5.74, 6) is -5.19. The molecule has 5 amide bonds. The molecule has 800 valence electrons. The van der Waals surface area contributed by atoms with Gasteiger partial charge in [-0.1, -0.05) is 48.3 Å². The van der Waals surface area contributed by atoms with E-state index in [0.717, 1.165) is 12.1 Å². The van der Waals surface area contributed by atoms with E-state index in [1.165, 1.54) is 67.0 Å². The molecule has 0 spiro atoms. The summed E-state index contributed by atoms with van der Waals surface area (Å²) in [6.45, 7) is 12.6. The number of carbonyl (C=O) groups is 6. The van der Waals surface area contributed by atoms with E-state index in [1.54, 1.807) is 73.4 Å². The maximum Gasteiger partial charge on any atom is 0.336 e. The minimum Gasteiger partial charge on any atom is -0.353 e. The monoisotopic (exact) mass is 2200 g/mol. The Morgan fingerprint density at radius 2 is 0.912 bits per heavy atom. The second-order valence-electron chi connectivity index (χ2n) is 36.4. The number of nitrogens with zero attached hydrogens (tertiary/aromatic N) is 11. The number of piperidine rings is 3. The molecular weight excluding hydrogens is 2080 g/mol. The van der Waals surface area contributed by atoms with Crippen molar-refractivity contribution in [3.63, 3.8) is 0 Å². The zero-order valence-corrected chi connectivity index (χ0v) is 88.1. The second-order valence-corrected chi connectivity index (χ2v) is 48.3. The summed E-state index contributed by atoms with van der Waals surface area (Å²) >= 11 is 0. The molecule has 0 unspecified atom stereocenters. The normalized spacial score (nSPS) is 15.9. The number of anilines is 5. The van der Waals surface area contributed by atoms with Crippen LogP contribution in [0.1, 0.15) is 191 Å². The summed E-state index contributed by atoms with van der Waals surface area (Å²) in [6, 6.07) is 19.2. The van der Waals surface area contributed by atoms with Crippen LogP contribution in [0.3, 0.4) is 0 Å². The van der Waals surface area contributed by atoms with E-state index in [1.807, 2.05) is 33.4 Å². The number of amides is 5. The molecule has 11 rings (SSSR count). The predicted octanol–water partition coefficient (Wildman–Crippen LogP) is 9.76. The zero-order chi connectivity index (χ0) is 108. The van der Waals surface area contributed by atoms with Crippen LogP contribution < -0.4 is 40.4 Å². The number of nitrogens with one attached hydrogen (secondary N) is 3.